The second kappa shape index (κ2) is 9.81. The van der Waals surface area contributed by atoms with Crippen molar-refractivity contribution in [1.82, 2.24) is 9.71 Å². The maximum Gasteiger partial charge on any atom is 0.335 e. The molecule has 4 aromatic carbocycles. The van der Waals surface area contributed by atoms with E-state index in [4.69, 9.17) is 0 Å². The Morgan fingerprint density at radius 1 is 0.833 bits per heavy atom. The van der Waals surface area contributed by atoms with Crippen LogP contribution in [-0.2, 0) is 10.0 Å². The summed E-state index contributed by atoms with van der Waals surface area (Å²) in [5.74, 6) is -1.49. The molecule has 1 atom stereocenters. The van der Waals surface area contributed by atoms with Gasteiger partial charge in [0.25, 0.3) is 0 Å². The highest BCUT2D eigenvalue weighted by atomic mass is 32.2. The fourth-order valence-electron chi connectivity index (χ4n) is 4.50. The number of carbonyl (C=O) groups is 1. The molecule has 180 valence electrons. The number of fused-ring (bicyclic) bond motifs is 1. The normalized spacial score (nSPS) is 12.4. The molecule has 0 aliphatic rings. The first-order valence-electron chi connectivity index (χ1n) is 11.5. The highest BCUT2D eigenvalue weighted by molar-refractivity contribution is 7.89. The smallest absolute Gasteiger partial charge is 0.335 e. The summed E-state index contributed by atoms with van der Waals surface area (Å²) in [7, 11) is -3.96. The quantitative estimate of drug-likeness (QED) is 0.259. The number of hydrogen-bond donors (Lipinski definition) is 3. The van der Waals surface area contributed by atoms with Crippen LogP contribution in [0.3, 0.4) is 0 Å². The summed E-state index contributed by atoms with van der Waals surface area (Å²) < 4.78 is 29.2. The van der Waals surface area contributed by atoms with Crippen LogP contribution in [0.15, 0.2) is 114 Å². The lowest BCUT2D eigenvalue weighted by Gasteiger charge is -2.20. The van der Waals surface area contributed by atoms with Crippen LogP contribution in [0.4, 0.5) is 0 Å². The Bertz CT molecular complexity index is 1630. The molecule has 36 heavy (non-hydrogen) atoms. The summed E-state index contributed by atoms with van der Waals surface area (Å²) in [5.41, 5.74) is 4.76. The van der Waals surface area contributed by atoms with Crippen LogP contribution in [0.5, 0.6) is 0 Å². The molecule has 3 N–H and O–H groups in total. The highest BCUT2D eigenvalue weighted by Crippen LogP contribution is 2.38. The number of para-hydroxylation sites is 1. The SMILES string of the molecule is O=C(O)c1cccc(S(=O)(=O)NC[C@H](c2ccccc2)c2c(-c3ccccc3)[nH]c3ccccc23)c1. The Morgan fingerprint density at radius 2 is 1.50 bits per heavy atom. The van der Waals surface area contributed by atoms with E-state index in [2.05, 4.69) is 9.71 Å². The van der Waals surface area contributed by atoms with Gasteiger partial charge in [0.05, 0.1) is 16.2 Å². The van der Waals surface area contributed by atoms with Crippen molar-refractivity contribution in [2.45, 2.75) is 10.8 Å². The summed E-state index contributed by atoms with van der Waals surface area (Å²) in [6.45, 7) is 0.0886. The Morgan fingerprint density at radius 3 is 2.22 bits per heavy atom. The molecule has 1 aromatic heterocycles. The van der Waals surface area contributed by atoms with Crippen molar-refractivity contribution in [2.24, 2.45) is 0 Å². The molecule has 0 amide bonds. The van der Waals surface area contributed by atoms with Gasteiger partial charge in [-0.25, -0.2) is 17.9 Å². The second-order valence-electron chi connectivity index (χ2n) is 8.47. The molecule has 1 heterocycles. The molecule has 0 unspecified atom stereocenters. The lowest BCUT2D eigenvalue weighted by atomic mass is 9.87. The van der Waals surface area contributed by atoms with Crippen molar-refractivity contribution in [2.75, 3.05) is 6.54 Å². The zero-order valence-corrected chi connectivity index (χ0v) is 20.1. The van der Waals surface area contributed by atoms with Gasteiger partial charge >= 0.3 is 5.97 Å². The molecule has 0 aliphatic heterocycles. The van der Waals surface area contributed by atoms with Crippen molar-refractivity contribution in [3.63, 3.8) is 0 Å². The summed E-state index contributed by atoms with van der Waals surface area (Å²) in [5, 5.41) is 10.3. The molecule has 0 saturated carbocycles. The number of rotatable bonds is 8. The van der Waals surface area contributed by atoms with Crippen molar-refractivity contribution < 1.29 is 18.3 Å². The van der Waals surface area contributed by atoms with Crippen LogP contribution in [0.2, 0.25) is 0 Å². The number of hydrogen-bond acceptors (Lipinski definition) is 3. The Balaban J connectivity index is 1.61. The van der Waals surface area contributed by atoms with Crippen molar-refractivity contribution in [3.05, 3.63) is 126 Å². The van der Waals surface area contributed by atoms with Crippen LogP contribution in [0.1, 0.15) is 27.4 Å². The van der Waals surface area contributed by atoms with E-state index in [1.165, 1.54) is 24.3 Å². The molecule has 0 saturated heterocycles. The molecule has 0 fully saturated rings. The molecule has 7 heteroatoms. The van der Waals surface area contributed by atoms with E-state index >= 15 is 0 Å². The van der Waals surface area contributed by atoms with E-state index in [9.17, 15) is 18.3 Å². The molecule has 0 spiro atoms. The van der Waals surface area contributed by atoms with Gasteiger partial charge in [-0.2, -0.15) is 0 Å². The largest absolute Gasteiger partial charge is 0.478 e. The number of benzene rings is 4. The van der Waals surface area contributed by atoms with Gasteiger partial charge in [-0.15, -0.1) is 0 Å². The molecule has 0 radical (unpaired) electrons. The van der Waals surface area contributed by atoms with E-state index < -0.39 is 16.0 Å². The maximum atomic E-state index is 13.2. The number of aromatic carboxylic acids is 1. The fraction of sp³-hybridized carbons (Fsp3) is 0.0690. The first-order chi connectivity index (χ1) is 17.4. The van der Waals surface area contributed by atoms with Crippen LogP contribution >= 0.6 is 0 Å². The molecule has 0 aliphatic carbocycles. The first kappa shape index (κ1) is 23.5. The summed E-state index contributed by atoms with van der Waals surface area (Å²) in [4.78, 5) is 14.8. The van der Waals surface area contributed by atoms with Gasteiger partial charge < -0.3 is 10.1 Å². The number of H-pyrrole nitrogens is 1. The molecule has 6 nitrogen and oxygen atoms in total. The minimum absolute atomic E-state index is 0.0829. The van der Waals surface area contributed by atoms with E-state index in [-0.39, 0.29) is 22.9 Å². The van der Waals surface area contributed by atoms with Crippen molar-refractivity contribution in [3.8, 4) is 11.3 Å². The number of sulfonamides is 1. The number of nitrogens with one attached hydrogen (secondary N) is 2. The van der Waals surface area contributed by atoms with Crippen LogP contribution < -0.4 is 4.72 Å². The second-order valence-corrected chi connectivity index (χ2v) is 10.2. The lowest BCUT2D eigenvalue weighted by Crippen LogP contribution is -2.29. The van der Waals surface area contributed by atoms with E-state index in [0.717, 1.165) is 33.3 Å². The minimum atomic E-state index is -3.96. The van der Waals surface area contributed by atoms with Gasteiger partial charge in [-0.1, -0.05) is 84.9 Å². The number of aromatic amines is 1. The number of aromatic nitrogens is 1. The average Bonchev–Trinajstić information content (AvgIpc) is 3.29. The van der Waals surface area contributed by atoms with Gasteiger partial charge in [-0.3, -0.25) is 0 Å². The van der Waals surface area contributed by atoms with Crippen LogP contribution in [0, 0.1) is 0 Å². The van der Waals surface area contributed by atoms with Gasteiger partial charge in [0.2, 0.25) is 10.0 Å². The first-order valence-corrected chi connectivity index (χ1v) is 13.0. The summed E-state index contributed by atoms with van der Waals surface area (Å²) >= 11 is 0. The summed E-state index contributed by atoms with van der Waals surface area (Å²) in [6, 6.07) is 33.1. The molecule has 5 aromatic rings. The highest BCUT2D eigenvalue weighted by Gasteiger charge is 2.26. The monoisotopic (exact) mass is 496 g/mol. The maximum absolute atomic E-state index is 13.2. The van der Waals surface area contributed by atoms with Gasteiger partial charge in [0, 0.05) is 23.4 Å². The Hall–Kier alpha value is -4.20. The van der Waals surface area contributed by atoms with Gasteiger partial charge in [-0.05, 0) is 41.0 Å². The van der Waals surface area contributed by atoms with E-state index in [1.807, 2.05) is 84.9 Å². The standard InChI is InChI=1S/C29H24N2O4S/c32-29(33)22-14-9-15-23(18-22)36(34,35)30-19-25(20-10-3-1-4-11-20)27-24-16-7-8-17-26(24)31-28(27)21-12-5-2-6-13-21/h1-18,25,30-31H,19H2,(H,32,33)/t25-/m1/s1. The topological polar surface area (TPSA) is 99.3 Å². The van der Waals surface area contributed by atoms with Crippen LogP contribution in [-0.4, -0.2) is 31.0 Å². The molecular weight excluding hydrogens is 472 g/mol. The van der Waals surface area contributed by atoms with Gasteiger partial charge in [0.15, 0.2) is 0 Å². The van der Waals surface area contributed by atoms with Crippen LogP contribution in [0.25, 0.3) is 22.2 Å². The predicted octanol–water partition coefficient (Wildman–Crippen LogP) is 5.64. The fourth-order valence-corrected chi connectivity index (χ4v) is 5.60. The third-order valence-corrected chi connectivity index (χ3v) is 7.65. The molecule has 0 bridgehead atoms. The third-order valence-electron chi connectivity index (χ3n) is 6.23. The molecule has 5 rings (SSSR count). The average molecular weight is 497 g/mol. The number of carboxylic acid groups (broad SMARTS) is 1. The zero-order valence-electron chi connectivity index (χ0n) is 19.3. The minimum Gasteiger partial charge on any atom is -0.478 e. The lowest BCUT2D eigenvalue weighted by molar-refractivity contribution is 0.0696. The number of carboxylic acids is 1. The summed E-state index contributed by atoms with van der Waals surface area (Å²) in [6.07, 6.45) is 0. The van der Waals surface area contributed by atoms with Crippen molar-refractivity contribution >= 4 is 26.9 Å². The predicted molar refractivity (Wildman–Crippen MR) is 141 cm³/mol. The molecular formula is C29H24N2O4S. The van der Waals surface area contributed by atoms with Gasteiger partial charge in [0.1, 0.15) is 0 Å². The third kappa shape index (κ3) is 4.66. The zero-order chi connectivity index (χ0) is 25.1. The van der Waals surface area contributed by atoms with E-state index in [1.54, 1.807) is 0 Å². The van der Waals surface area contributed by atoms with Crippen molar-refractivity contribution in [1.29, 1.82) is 0 Å². The Labute approximate surface area is 209 Å². The van der Waals surface area contributed by atoms with E-state index in [0.29, 0.717) is 0 Å². The Kier molecular flexibility index (Phi) is 6.41.